The molecule has 0 saturated carbocycles. The maximum Gasteiger partial charge on any atom is 0.242 e. The van der Waals surface area contributed by atoms with E-state index in [1.165, 1.54) is 0 Å². The minimum absolute atomic E-state index is 0.152. The second kappa shape index (κ2) is 4.53. The molecule has 1 saturated heterocycles. The Hall–Kier alpha value is -1.55. The molecular formula is C12H16N2O2. The van der Waals surface area contributed by atoms with Gasteiger partial charge in [0.15, 0.2) is 0 Å². The second-order valence-electron chi connectivity index (χ2n) is 3.93. The molecule has 0 radical (unpaired) electrons. The van der Waals surface area contributed by atoms with Crippen LogP contribution in [0, 0.1) is 0 Å². The molecule has 1 aromatic carbocycles. The van der Waals surface area contributed by atoms with E-state index in [9.17, 15) is 4.79 Å². The molecule has 1 heterocycles. The molecule has 0 spiro atoms. The van der Waals surface area contributed by atoms with Gasteiger partial charge in [-0.3, -0.25) is 14.8 Å². The van der Waals surface area contributed by atoms with Crippen LogP contribution < -0.4 is 5.01 Å². The van der Waals surface area contributed by atoms with Crippen LogP contribution in [0.4, 0.5) is 5.69 Å². The fourth-order valence-corrected chi connectivity index (χ4v) is 1.91. The summed E-state index contributed by atoms with van der Waals surface area (Å²) in [6.07, 6.45) is 1.25. The van der Waals surface area contributed by atoms with Gasteiger partial charge in [0.1, 0.15) is 0 Å². The summed E-state index contributed by atoms with van der Waals surface area (Å²) >= 11 is 0. The van der Waals surface area contributed by atoms with Gasteiger partial charge < -0.3 is 5.11 Å². The molecule has 0 atom stereocenters. The summed E-state index contributed by atoms with van der Waals surface area (Å²) in [6.45, 7) is 0.913. The third-order valence-corrected chi connectivity index (χ3v) is 2.90. The van der Waals surface area contributed by atoms with E-state index in [1.807, 2.05) is 29.3 Å². The number of nitrogens with zero attached hydrogens (tertiary/aromatic N) is 2. The lowest BCUT2D eigenvalue weighted by molar-refractivity contribution is -0.126. The Morgan fingerprint density at radius 1 is 1.31 bits per heavy atom. The first-order chi connectivity index (χ1) is 7.72. The highest BCUT2D eigenvalue weighted by Gasteiger charge is 2.25. The van der Waals surface area contributed by atoms with Crippen molar-refractivity contribution in [3.63, 3.8) is 0 Å². The van der Waals surface area contributed by atoms with Crippen molar-refractivity contribution in [1.82, 2.24) is 5.01 Å². The lowest BCUT2D eigenvalue weighted by atomic mass is 10.1. The van der Waals surface area contributed by atoms with Gasteiger partial charge in [0.25, 0.3) is 0 Å². The van der Waals surface area contributed by atoms with Crippen molar-refractivity contribution in [3.8, 4) is 0 Å². The third-order valence-electron chi connectivity index (χ3n) is 2.90. The van der Waals surface area contributed by atoms with Gasteiger partial charge in [-0.05, 0) is 24.1 Å². The Kier molecular flexibility index (Phi) is 3.10. The topological polar surface area (TPSA) is 43.8 Å². The first-order valence-electron chi connectivity index (χ1n) is 5.46. The van der Waals surface area contributed by atoms with E-state index in [1.54, 1.807) is 12.1 Å². The van der Waals surface area contributed by atoms with E-state index in [0.717, 1.165) is 17.8 Å². The van der Waals surface area contributed by atoms with Crippen molar-refractivity contribution in [3.05, 3.63) is 29.8 Å². The largest absolute Gasteiger partial charge is 0.396 e. The molecule has 0 aromatic heterocycles. The summed E-state index contributed by atoms with van der Waals surface area (Å²) < 4.78 is 0. The van der Waals surface area contributed by atoms with Crippen LogP contribution in [-0.2, 0) is 11.2 Å². The van der Waals surface area contributed by atoms with Crippen LogP contribution in [0.3, 0.4) is 0 Å². The fraction of sp³-hybridized carbons (Fsp3) is 0.417. The molecule has 2 rings (SSSR count). The number of aliphatic hydroxyl groups is 1. The molecule has 0 bridgehead atoms. The molecule has 1 fully saturated rings. The Balaban J connectivity index is 2.13. The van der Waals surface area contributed by atoms with Crippen LogP contribution in [0.25, 0.3) is 0 Å². The van der Waals surface area contributed by atoms with E-state index < -0.39 is 0 Å². The minimum Gasteiger partial charge on any atom is -0.396 e. The van der Waals surface area contributed by atoms with Crippen molar-refractivity contribution in [2.75, 3.05) is 25.2 Å². The van der Waals surface area contributed by atoms with Gasteiger partial charge in [-0.1, -0.05) is 12.1 Å². The number of hydrogen-bond donors (Lipinski definition) is 1. The van der Waals surface area contributed by atoms with Gasteiger partial charge >= 0.3 is 0 Å². The average Bonchev–Trinajstić information content (AvgIpc) is 2.62. The van der Waals surface area contributed by atoms with Gasteiger partial charge in [-0.15, -0.1) is 0 Å². The second-order valence-corrected chi connectivity index (χ2v) is 3.93. The quantitative estimate of drug-likeness (QED) is 0.819. The number of hydrogen-bond acceptors (Lipinski definition) is 3. The van der Waals surface area contributed by atoms with Crippen LogP contribution in [-0.4, -0.2) is 36.2 Å². The van der Waals surface area contributed by atoms with Crippen LogP contribution >= 0.6 is 0 Å². The first kappa shape index (κ1) is 11.0. The summed E-state index contributed by atoms with van der Waals surface area (Å²) in [5.41, 5.74) is 2.13. The van der Waals surface area contributed by atoms with E-state index in [-0.39, 0.29) is 12.5 Å². The number of carbonyl (C=O) groups is 1. The zero-order chi connectivity index (χ0) is 11.5. The summed E-state index contributed by atoms with van der Waals surface area (Å²) in [4.78, 5) is 11.4. The molecule has 16 heavy (non-hydrogen) atoms. The zero-order valence-corrected chi connectivity index (χ0v) is 9.39. The molecule has 1 aromatic rings. The van der Waals surface area contributed by atoms with E-state index in [0.29, 0.717) is 12.8 Å². The maximum atomic E-state index is 11.4. The molecule has 4 nitrogen and oxygen atoms in total. The number of anilines is 1. The van der Waals surface area contributed by atoms with Crippen LogP contribution in [0.2, 0.25) is 0 Å². The Labute approximate surface area is 95.1 Å². The molecule has 0 aliphatic carbocycles. The predicted octanol–water partition coefficient (Wildman–Crippen LogP) is 0.805. The van der Waals surface area contributed by atoms with E-state index in [4.69, 9.17) is 5.11 Å². The minimum atomic E-state index is 0.152. The smallest absolute Gasteiger partial charge is 0.242 e. The Morgan fingerprint density at radius 3 is 2.50 bits per heavy atom. The van der Waals surface area contributed by atoms with E-state index in [2.05, 4.69) is 0 Å². The lowest BCUT2D eigenvalue weighted by Crippen LogP contribution is -2.35. The van der Waals surface area contributed by atoms with Crippen molar-refractivity contribution in [2.45, 2.75) is 12.8 Å². The molecule has 1 aliphatic rings. The Morgan fingerprint density at radius 2 is 2.00 bits per heavy atom. The molecular weight excluding hydrogens is 204 g/mol. The van der Waals surface area contributed by atoms with Crippen molar-refractivity contribution in [2.24, 2.45) is 0 Å². The van der Waals surface area contributed by atoms with Crippen molar-refractivity contribution in [1.29, 1.82) is 0 Å². The van der Waals surface area contributed by atoms with Crippen molar-refractivity contribution >= 4 is 11.6 Å². The SMILES string of the molecule is CN1C(=O)CCN1c1ccc(CCO)cc1. The number of carbonyl (C=O) groups excluding carboxylic acids is 1. The maximum absolute atomic E-state index is 11.4. The zero-order valence-electron chi connectivity index (χ0n) is 9.39. The number of rotatable bonds is 3. The van der Waals surface area contributed by atoms with Gasteiger partial charge in [0, 0.05) is 26.6 Å². The van der Waals surface area contributed by atoms with Crippen LogP contribution in [0.15, 0.2) is 24.3 Å². The highest BCUT2D eigenvalue weighted by molar-refractivity contribution is 5.81. The van der Waals surface area contributed by atoms with E-state index >= 15 is 0 Å². The standard InChI is InChI=1S/C12H16N2O2/c1-13-12(16)6-8-14(13)11-4-2-10(3-5-11)7-9-15/h2-5,15H,6-9H2,1H3. The summed E-state index contributed by atoms with van der Waals surface area (Å²) in [5.74, 6) is 0.152. The predicted molar refractivity (Wildman–Crippen MR) is 62.0 cm³/mol. The van der Waals surface area contributed by atoms with Gasteiger partial charge in [-0.2, -0.15) is 0 Å². The van der Waals surface area contributed by atoms with Crippen molar-refractivity contribution < 1.29 is 9.90 Å². The Bertz CT molecular complexity index is 375. The normalized spacial score (nSPS) is 16.0. The molecule has 1 amide bonds. The van der Waals surface area contributed by atoms with Gasteiger partial charge in [-0.25, -0.2) is 0 Å². The number of hydrazine groups is 1. The monoisotopic (exact) mass is 220 g/mol. The number of benzene rings is 1. The summed E-state index contributed by atoms with van der Waals surface area (Å²) in [6, 6.07) is 7.95. The summed E-state index contributed by atoms with van der Waals surface area (Å²) in [7, 11) is 1.79. The highest BCUT2D eigenvalue weighted by atomic mass is 16.3. The van der Waals surface area contributed by atoms with Crippen LogP contribution in [0.5, 0.6) is 0 Å². The molecule has 1 aliphatic heterocycles. The molecule has 86 valence electrons. The average molecular weight is 220 g/mol. The number of aliphatic hydroxyl groups excluding tert-OH is 1. The summed E-state index contributed by atoms with van der Waals surface area (Å²) in [5, 5.41) is 12.4. The van der Waals surface area contributed by atoms with Gasteiger partial charge in [0.2, 0.25) is 5.91 Å². The number of amides is 1. The molecule has 4 heteroatoms. The van der Waals surface area contributed by atoms with Crippen LogP contribution in [0.1, 0.15) is 12.0 Å². The molecule has 0 unspecified atom stereocenters. The third kappa shape index (κ3) is 2.02. The van der Waals surface area contributed by atoms with Gasteiger partial charge in [0.05, 0.1) is 5.69 Å². The molecule has 1 N–H and O–H groups in total. The highest BCUT2D eigenvalue weighted by Crippen LogP contribution is 2.21. The fourth-order valence-electron chi connectivity index (χ4n) is 1.91. The first-order valence-corrected chi connectivity index (χ1v) is 5.46. The lowest BCUT2D eigenvalue weighted by Gasteiger charge is -2.26.